The summed E-state index contributed by atoms with van der Waals surface area (Å²) in [5.41, 5.74) is 2.49. The molecule has 0 aliphatic carbocycles. The normalized spacial score (nSPS) is 17.1. The minimum absolute atomic E-state index is 0.0304. The number of nitrogens with zero attached hydrogens (tertiary/aromatic N) is 1. The maximum absolute atomic E-state index is 13.4. The third-order valence-electron chi connectivity index (χ3n) is 6.51. The Morgan fingerprint density at radius 3 is 2.54 bits per heavy atom. The van der Waals surface area contributed by atoms with Crippen molar-refractivity contribution in [3.8, 4) is 11.5 Å². The second-order valence-electron chi connectivity index (χ2n) is 8.66. The standard InChI is InChI=1S/C28H22Cl2N2O5/c1-37-27-20(12-17(29)13-21(27)30)25(34)23-24(15-6-8-18(33)9-7-15)32(28(36)26(23)35)11-10-16-14-31-22-5-3-2-4-19(16)22/h2-9,12-14,24,31,33-34H,10-11H2,1H3/b25-23+. The number of hydrogen-bond acceptors (Lipinski definition) is 5. The number of amides is 1. The monoisotopic (exact) mass is 536 g/mol. The molecule has 1 saturated heterocycles. The average molecular weight is 537 g/mol. The first kappa shape index (κ1) is 24.7. The number of benzene rings is 3. The van der Waals surface area contributed by atoms with Crippen LogP contribution in [-0.2, 0) is 16.0 Å². The predicted octanol–water partition coefficient (Wildman–Crippen LogP) is 5.85. The summed E-state index contributed by atoms with van der Waals surface area (Å²) in [6, 6.07) is 15.9. The first-order chi connectivity index (χ1) is 17.8. The van der Waals surface area contributed by atoms with Crippen LogP contribution in [-0.4, -0.2) is 45.4 Å². The fourth-order valence-corrected chi connectivity index (χ4v) is 5.35. The predicted molar refractivity (Wildman–Crippen MR) is 142 cm³/mol. The van der Waals surface area contributed by atoms with E-state index in [1.807, 2.05) is 30.5 Å². The van der Waals surface area contributed by atoms with Crippen molar-refractivity contribution in [3.05, 3.63) is 99.2 Å². The number of likely N-dealkylation sites (tertiary alicyclic amines) is 1. The summed E-state index contributed by atoms with van der Waals surface area (Å²) < 4.78 is 5.36. The van der Waals surface area contributed by atoms with Crippen molar-refractivity contribution in [3.63, 3.8) is 0 Å². The third-order valence-corrected chi connectivity index (χ3v) is 7.01. The van der Waals surface area contributed by atoms with Gasteiger partial charge in [-0.05, 0) is 47.9 Å². The van der Waals surface area contributed by atoms with Crippen LogP contribution in [0.15, 0.2) is 72.4 Å². The Balaban J connectivity index is 1.62. The van der Waals surface area contributed by atoms with E-state index in [9.17, 15) is 19.8 Å². The number of ketones is 1. The molecular weight excluding hydrogens is 515 g/mol. The number of halogens is 2. The average Bonchev–Trinajstić information content (AvgIpc) is 3.41. The lowest BCUT2D eigenvalue weighted by Gasteiger charge is -2.25. The number of aromatic nitrogens is 1. The maximum Gasteiger partial charge on any atom is 0.295 e. The van der Waals surface area contributed by atoms with Gasteiger partial charge in [0.05, 0.1) is 29.3 Å². The lowest BCUT2D eigenvalue weighted by atomic mass is 9.94. The first-order valence-electron chi connectivity index (χ1n) is 11.5. The molecule has 4 aromatic rings. The Bertz CT molecular complexity index is 1560. The van der Waals surface area contributed by atoms with Crippen LogP contribution in [0.3, 0.4) is 0 Å². The van der Waals surface area contributed by atoms with Crippen LogP contribution in [0.1, 0.15) is 22.7 Å². The van der Waals surface area contributed by atoms with Gasteiger partial charge >= 0.3 is 0 Å². The van der Waals surface area contributed by atoms with Crippen molar-refractivity contribution in [2.24, 2.45) is 0 Å². The quantitative estimate of drug-likeness (QED) is 0.163. The van der Waals surface area contributed by atoms with Crippen molar-refractivity contribution in [1.29, 1.82) is 0 Å². The van der Waals surface area contributed by atoms with Crippen LogP contribution in [0.25, 0.3) is 16.7 Å². The summed E-state index contributed by atoms with van der Waals surface area (Å²) in [6.07, 6.45) is 2.35. The van der Waals surface area contributed by atoms with Crippen LogP contribution in [0.4, 0.5) is 0 Å². The van der Waals surface area contributed by atoms with Gasteiger partial charge in [0, 0.05) is 28.7 Å². The number of aromatic amines is 1. The topological polar surface area (TPSA) is 103 Å². The fraction of sp³-hybridized carbons (Fsp3) is 0.143. The number of hydrogen-bond donors (Lipinski definition) is 3. The van der Waals surface area contributed by atoms with E-state index in [0.29, 0.717) is 12.0 Å². The van der Waals surface area contributed by atoms with Gasteiger partial charge in [-0.1, -0.05) is 53.5 Å². The van der Waals surface area contributed by atoms with Gasteiger partial charge in [-0.2, -0.15) is 0 Å². The van der Waals surface area contributed by atoms with Crippen LogP contribution in [0.2, 0.25) is 10.0 Å². The molecule has 3 N–H and O–H groups in total. The number of H-pyrrole nitrogens is 1. The van der Waals surface area contributed by atoms with E-state index in [1.54, 1.807) is 12.1 Å². The molecule has 37 heavy (non-hydrogen) atoms. The first-order valence-corrected chi connectivity index (χ1v) is 12.2. The SMILES string of the molecule is COc1c(Cl)cc(Cl)cc1/C(O)=C1\C(=O)C(=O)N(CCc2c[nH]c3ccccc23)C1c1ccc(O)cc1. The number of rotatable bonds is 6. The molecule has 7 nitrogen and oxygen atoms in total. The molecule has 9 heteroatoms. The number of aliphatic hydroxyl groups excluding tert-OH is 1. The fourth-order valence-electron chi connectivity index (χ4n) is 4.78. The Labute approximate surface area is 222 Å². The summed E-state index contributed by atoms with van der Waals surface area (Å²) in [7, 11) is 1.38. The number of phenolic OH excluding ortho intramolecular Hbond substituents is 1. The molecule has 188 valence electrons. The summed E-state index contributed by atoms with van der Waals surface area (Å²) in [6.45, 7) is 0.210. The van der Waals surface area contributed by atoms with Crippen LogP contribution in [0, 0.1) is 0 Å². The van der Waals surface area contributed by atoms with Gasteiger partial charge in [-0.3, -0.25) is 9.59 Å². The van der Waals surface area contributed by atoms with E-state index in [2.05, 4.69) is 4.98 Å². The molecule has 1 aliphatic heterocycles. The van der Waals surface area contributed by atoms with E-state index in [0.717, 1.165) is 16.5 Å². The molecule has 0 bridgehead atoms. The van der Waals surface area contributed by atoms with Crippen molar-refractivity contribution >= 4 is 51.6 Å². The molecule has 2 heterocycles. The van der Waals surface area contributed by atoms with Gasteiger partial charge in [0.2, 0.25) is 0 Å². The second kappa shape index (κ2) is 9.84. The highest BCUT2D eigenvalue weighted by atomic mass is 35.5. The highest BCUT2D eigenvalue weighted by Crippen LogP contribution is 2.43. The Morgan fingerprint density at radius 2 is 1.81 bits per heavy atom. The van der Waals surface area contributed by atoms with Crippen molar-refractivity contribution in [2.75, 3.05) is 13.7 Å². The lowest BCUT2D eigenvalue weighted by Crippen LogP contribution is -2.31. The van der Waals surface area contributed by atoms with Crippen molar-refractivity contribution < 1.29 is 24.5 Å². The highest BCUT2D eigenvalue weighted by molar-refractivity contribution is 6.46. The molecule has 0 spiro atoms. The number of carbonyl (C=O) groups is 2. The van der Waals surface area contributed by atoms with Gasteiger partial charge in [0.1, 0.15) is 17.3 Å². The highest BCUT2D eigenvalue weighted by Gasteiger charge is 2.46. The summed E-state index contributed by atoms with van der Waals surface area (Å²) in [5.74, 6) is -1.88. The van der Waals surface area contributed by atoms with Gasteiger partial charge in [0.25, 0.3) is 11.7 Å². The summed E-state index contributed by atoms with van der Waals surface area (Å²) in [5, 5.41) is 22.6. The molecule has 5 rings (SSSR count). The second-order valence-corrected chi connectivity index (χ2v) is 9.51. The smallest absolute Gasteiger partial charge is 0.295 e. The maximum atomic E-state index is 13.4. The summed E-state index contributed by atoms with van der Waals surface area (Å²) in [4.78, 5) is 31.3. The minimum Gasteiger partial charge on any atom is -0.508 e. The number of aromatic hydroxyl groups is 1. The van der Waals surface area contributed by atoms with Gasteiger partial charge < -0.3 is 24.8 Å². The van der Waals surface area contributed by atoms with Crippen molar-refractivity contribution in [2.45, 2.75) is 12.5 Å². The van der Waals surface area contributed by atoms with Gasteiger partial charge in [-0.25, -0.2) is 0 Å². The Kier molecular flexibility index (Phi) is 6.58. The van der Waals surface area contributed by atoms with E-state index in [-0.39, 0.29) is 39.2 Å². The Morgan fingerprint density at radius 1 is 1.08 bits per heavy atom. The van der Waals surface area contributed by atoms with E-state index in [1.165, 1.54) is 36.3 Å². The molecule has 3 aromatic carbocycles. The number of phenols is 1. The molecule has 1 fully saturated rings. The van der Waals surface area contributed by atoms with E-state index >= 15 is 0 Å². The molecule has 1 amide bonds. The van der Waals surface area contributed by atoms with Gasteiger partial charge in [0.15, 0.2) is 0 Å². The third kappa shape index (κ3) is 4.41. The number of methoxy groups -OCH3 is 1. The Hall–Kier alpha value is -3.94. The molecule has 1 aliphatic rings. The van der Waals surface area contributed by atoms with Crippen LogP contribution < -0.4 is 4.74 Å². The number of Topliss-reactive ketones (excluding diaryl/α,β-unsaturated/α-hetero) is 1. The van der Waals surface area contributed by atoms with Gasteiger partial charge in [-0.15, -0.1) is 0 Å². The molecule has 1 aromatic heterocycles. The minimum atomic E-state index is -0.909. The zero-order valence-corrected chi connectivity index (χ0v) is 21.2. The molecule has 0 radical (unpaired) electrons. The molecule has 1 atom stereocenters. The zero-order valence-electron chi connectivity index (χ0n) is 19.7. The number of ether oxygens (including phenoxy) is 1. The van der Waals surface area contributed by atoms with E-state index in [4.69, 9.17) is 27.9 Å². The van der Waals surface area contributed by atoms with Crippen LogP contribution in [0.5, 0.6) is 11.5 Å². The summed E-state index contributed by atoms with van der Waals surface area (Å²) >= 11 is 12.5. The largest absolute Gasteiger partial charge is 0.508 e. The number of carbonyl (C=O) groups excluding carboxylic acids is 2. The number of para-hydroxylation sites is 1. The number of fused-ring (bicyclic) bond motifs is 1. The van der Waals surface area contributed by atoms with Crippen molar-refractivity contribution in [1.82, 2.24) is 9.88 Å². The number of aliphatic hydroxyl groups is 1. The molecule has 0 saturated carbocycles. The lowest BCUT2D eigenvalue weighted by molar-refractivity contribution is -0.139. The molecular formula is C28H22Cl2N2O5. The van der Waals surface area contributed by atoms with E-state index < -0.39 is 23.5 Å². The van der Waals surface area contributed by atoms with Crippen LogP contribution >= 0.6 is 23.2 Å². The number of nitrogens with one attached hydrogen (secondary N) is 1. The molecule has 1 unspecified atom stereocenters. The zero-order chi connectivity index (χ0) is 26.3.